The van der Waals surface area contributed by atoms with E-state index in [1.165, 1.54) is 32.1 Å². The first-order chi connectivity index (χ1) is 13.7. The zero-order valence-corrected chi connectivity index (χ0v) is 17.0. The van der Waals surface area contributed by atoms with Crippen LogP contribution in [-0.2, 0) is 4.74 Å². The highest BCUT2D eigenvalue weighted by molar-refractivity contribution is 5.81. The molecule has 3 aliphatic rings. The number of benzene rings is 1. The van der Waals surface area contributed by atoms with Crippen LogP contribution in [0.1, 0.15) is 44.7 Å². The molecule has 1 aliphatic heterocycles. The van der Waals surface area contributed by atoms with Crippen LogP contribution in [0.2, 0.25) is 0 Å². The van der Waals surface area contributed by atoms with Crippen LogP contribution in [0.25, 0.3) is 17.0 Å². The number of methoxy groups -OCH3 is 1. The lowest BCUT2D eigenvalue weighted by atomic mass is 9.57. The predicted octanol–water partition coefficient (Wildman–Crippen LogP) is 5.73. The third-order valence-electron chi connectivity index (χ3n) is 7.58. The van der Waals surface area contributed by atoms with Crippen LogP contribution in [0, 0.1) is 29.6 Å². The monoisotopic (exact) mass is 377 g/mol. The van der Waals surface area contributed by atoms with Gasteiger partial charge in [0.15, 0.2) is 0 Å². The molecule has 1 aromatic heterocycles. The number of pyridine rings is 1. The Morgan fingerprint density at radius 1 is 1.11 bits per heavy atom. The summed E-state index contributed by atoms with van der Waals surface area (Å²) in [5.41, 5.74) is 2.08. The Labute approximate surface area is 168 Å². The lowest BCUT2D eigenvalue weighted by Gasteiger charge is -2.46. The average Bonchev–Trinajstić information content (AvgIpc) is 3.11. The fourth-order valence-electron chi connectivity index (χ4n) is 6.26. The Bertz CT molecular complexity index is 874. The van der Waals surface area contributed by atoms with Gasteiger partial charge in [-0.1, -0.05) is 31.4 Å². The second kappa shape index (κ2) is 7.51. The highest BCUT2D eigenvalue weighted by Gasteiger charge is 2.49. The van der Waals surface area contributed by atoms with Crippen LogP contribution in [0.15, 0.2) is 36.4 Å². The molecule has 3 nitrogen and oxygen atoms in total. The first-order valence-corrected chi connectivity index (χ1v) is 11.0. The van der Waals surface area contributed by atoms with Crippen molar-refractivity contribution in [2.75, 3.05) is 13.7 Å². The van der Waals surface area contributed by atoms with Crippen molar-refractivity contribution in [2.45, 2.75) is 45.1 Å². The summed E-state index contributed by atoms with van der Waals surface area (Å²) in [6.45, 7) is 3.26. The maximum absolute atomic E-state index is 6.11. The summed E-state index contributed by atoms with van der Waals surface area (Å²) in [6, 6.07) is 10.4. The number of allylic oxidation sites excluding steroid dienone is 1. The van der Waals surface area contributed by atoms with Gasteiger partial charge in [-0.3, -0.25) is 0 Å². The fourth-order valence-corrected chi connectivity index (χ4v) is 6.26. The van der Waals surface area contributed by atoms with Gasteiger partial charge in [-0.2, -0.15) is 0 Å². The lowest BCUT2D eigenvalue weighted by Crippen LogP contribution is -2.42. The minimum absolute atomic E-state index is 0.388. The van der Waals surface area contributed by atoms with E-state index in [0.717, 1.165) is 46.7 Å². The smallest absolute Gasteiger partial charge is 0.119 e. The second-order valence-electron chi connectivity index (χ2n) is 9.05. The molecule has 0 spiro atoms. The van der Waals surface area contributed by atoms with Crippen LogP contribution in [-0.4, -0.2) is 24.8 Å². The maximum Gasteiger partial charge on any atom is 0.119 e. The minimum Gasteiger partial charge on any atom is -0.497 e. The molecule has 2 heterocycles. The van der Waals surface area contributed by atoms with E-state index in [2.05, 4.69) is 31.2 Å². The lowest BCUT2D eigenvalue weighted by molar-refractivity contribution is 0.0378. The van der Waals surface area contributed by atoms with Crippen molar-refractivity contribution < 1.29 is 9.47 Å². The van der Waals surface area contributed by atoms with E-state index >= 15 is 0 Å². The van der Waals surface area contributed by atoms with Gasteiger partial charge in [0.1, 0.15) is 5.75 Å². The highest BCUT2D eigenvalue weighted by atomic mass is 16.5. The van der Waals surface area contributed by atoms with Crippen LogP contribution in [0.4, 0.5) is 0 Å². The van der Waals surface area contributed by atoms with Gasteiger partial charge in [0.2, 0.25) is 0 Å². The number of ether oxygens (including phenoxy) is 2. The van der Waals surface area contributed by atoms with Gasteiger partial charge < -0.3 is 9.47 Å². The van der Waals surface area contributed by atoms with Gasteiger partial charge >= 0.3 is 0 Å². The molecular formula is C25H31NO2. The van der Waals surface area contributed by atoms with E-state index in [1.807, 2.05) is 18.2 Å². The SMILES string of the molecule is COc1ccc2nc(/C=C/C3C4CCCCC4CC4CO[C@@H](C)C43)ccc2c1. The zero-order valence-electron chi connectivity index (χ0n) is 17.0. The summed E-state index contributed by atoms with van der Waals surface area (Å²) in [5, 5.41) is 1.12. The molecule has 0 N–H and O–H groups in total. The molecule has 0 amide bonds. The Balaban J connectivity index is 1.43. The molecule has 2 aliphatic carbocycles. The topological polar surface area (TPSA) is 31.4 Å². The van der Waals surface area contributed by atoms with Crippen molar-refractivity contribution in [3.05, 3.63) is 42.1 Å². The van der Waals surface area contributed by atoms with Gasteiger partial charge in [0.25, 0.3) is 0 Å². The van der Waals surface area contributed by atoms with E-state index in [-0.39, 0.29) is 0 Å². The molecule has 2 aromatic rings. The molecule has 148 valence electrons. The van der Waals surface area contributed by atoms with E-state index < -0.39 is 0 Å². The molecule has 0 radical (unpaired) electrons. The van der Waals surface area contributed by atoms with E-state index in [4.69, 9.17) is 14.5 Å². The molecule has 5 rings (SSSR count). The van der Waals surface area contributed by atoms with Crippen LogP contribution < -0.4 is 4.74 Å². The Hall–Kier alpha value is -1.87. The molecule has 6 atom stereocenters. The van der Waals surface area contributed by atoms with Crippen molar-refractivity contribution in [3.8, 4) is 5.75 Å². The molecule has 1 aromatic carbocycles. The molecule has 0 bridgehead atoms. The van der Waals surface area contributed by atoms with Crippen LogP contribution in [0.3, 0.4) is 0 Å². The Kier molecular flexibility index (Phi) is 4.88. The molecular weight excluding hydrogens is 346 g/mol. The quantitative estimate of drug-likeness (QED) is 0.684. The molecule has 3 heteroatoms. The van der Waals surface area contributed by atoms with Crippen molar-refractivity contribution in [1.29, 1.82) is 0 Å². The van der Waals surface area contributed by atoms with Crippen molar-refractivity contribution in [2.24, 2.45) is 29.6 Å². The van der Waals surface area contributed by atoms with Crippen molar-refractivity contribution >= 4 is 17.0 Å². The third kappa shape index (κ3) is 3.24. The average molecular weight is 378 g/mol. The summed E-state index contributed by atoms with van der Waals surface area (Å²) in [4.78, 5) is 4.87. The van der Waals surface area contributed by atoms with Crippen LogP contribution >= 0.6 is 0 Å². The van der Waals surface area contributed by atoms with Gasteiger partial charge in [-0.25, -0.2) is 4.98 Å². The van der Waals surface area contributed by atoms with Crippen molar-refractivity contribution in [1.82, 2.24) is 4.98 Å². The Morgan fingerprint density at radius 3 is 2.89 bits per heavy atom. The number of nitrogens with zero attached hydrogens (tertiary/aromatic N) is 1. The first-order valence-electron chi connectivity index (χ1n) is 11.0. The summed E-state index contributed by atoms with van der Waals surface area (Å²) in [5.74, 6) is 4.68. The molecule has 28 heavy (non-hydrogen) atoms. The summed E-state index contributed by atoms with van der Waals surface area (Å²) >= 11 is 0. The van der Waals surface area contributed by atoms with E-state index in [1.54, 1.807) is 7.11 Å². The zero-order chi connectivity index (χ0) is 19.1. The predicted molar refractivity (Wildman–Crippen MR) is 113 cm³/mol. The van der Waals surface area contributed by atoms with Gasteiger partial charge in [-0.05, 0) is 79.7 Å². The Morgan fingerprint density at radius 2 is 2.00 bits per heavy atom. The number of hydrogen-bond acceptors (Lipinski definition) is 3. The standard InChI is InChI=1S/C25H31NO2/c1-16-25-19(15-28-16)13-17-5-3-4-6-22(17)23(25)11-9-20-8-7-18-14-21(27-2)10-12-24(18)26-20/h7-12,14,16-17,19,22-23,25H,3-6,13,15H2,1-2H3/b11-9+/t16-,17?,19?,22?,23?,25?/m0/s1. The molecule has 3 fully saturated rings. The van der Waals surface area contributed by atoms with E-state index in [0.29, 0.717) is 17.9 Å². The minimum atomic E-state index is 0.388. The number of rotatable bonds is 3. The second-order valence-corrected chi connectivity index (χ2v) is 9.05. The molecule has 5 unspecified atom stereocenters. The fraction of sp³-hybridized carbons (Fsp3) is 0.560. The van der Waals surface area contributed by atoms with Gasteiger partial charge in [0.05, 0.1) is 31.0 Å². The van der Waals surface area contributed by atoms with Crippen molar-refractivity contribution in [3.63, 3.8) is 0 Å². The number of hydrogen-bond donors (Lipinski definition) is 0. The first kappa shape index (κ1) is 18.2. The molecule has 2 saturated carbocycles. The van der Waals surface area contributed by atoms with Crippen LogP contribution in [0.5, 0.6) is 5.75 Å². The number of aromatic nitrogens is 1. The van der Waals surface area contributed by atoms with Gasteiger partial charge in [0, 0.05) is 5.39 Å². The maximum atomic E-state index is 6.11. The molecule has 1 saturated heterocycles. The number of fused-ring (bicyclic) bond motifs is 3. The summed E-state index contributed by atoms with van der Waals surface area (Å²) in [6.07, 6.45) is 12.2. The summed E-state index contributed by atoms with van der Waals surface area (Å²) in [7, 11) is 1.70. The summed E-state index contributed by atoms with van der Waals surface area (Å²) < 4.78 is 11.4. The highest BCUT2D eigenvalue weighted by Crippen LogP contribution is 2.53. The van der Waals surface area contributed by atoms with Gasteiger partial charge in [-0.15, -0.1) is 0 Å². The third-order valence-corrected chi connectivity index (χ3v) is 7.58. The van der Waals surface area contributed by atoms with E-state index in [9.17, 15) is 0 Å². The normalized spacial score (nSPS) is 35.1. The largest absolute Gasteiger partial charge is 0.497 e.